The van der Waals surface area contributed by atoms with Gasteiger partial charge in [0.25, 0.3) is 0 Å². The van der Waals surface area contributed by atoms with Crippen LogP contribution in [-0.2, 0) is 32.1 Å². The Morgan fingerprint density at radius 3 is 2.69 bits per heavy atom. The van der Waals surface area contributed by atoms with E-state index in [9.17, 15) is 14.4 Å². The molecule has 2 saturated heterocycles. The Kier molecular flexibility index (Phi) is 11.5. The first-order valence-corrected chi connectivity index (χ1v) is 13.5. The summed E-state index contributed by atoms with van der Waals surface area (Å²) in [5.74, 6) is -0.847. The summed E-state index contributed by atoms with van der Waals surface area (Å²) in [7, 11) is 1.32. The van der Waals surface area contributed by atoms with Gasteiger partial charge in [-0.05, 0) is 49.8 Å². The molecule has 39 heavy (non-hydrogen) atoms. The van der Waals surface area contributed by atoms with Crippen LogP contribution in [0.25, 0.3) is 0 Å². The SMILES string of the molecule is COC(=O)CC[C@H](C(=O)NCc1ccc(Cl)cn1)N1CCC(CCc2ccccc2)N2C[C@H](N)C[C@H]2C1=O.Cl. The molecule has 0 radical (unpaired) electrons. The van der Waals surface area contributed by atoms with E-state index in [4.69, 9.17) is 22.1 Å². The zero-order valence-corrected chi connectivity index (χ0v) is 23.7. The number of carbonyl (C=O) groups excluding carboxylic acids is 3. The number of aromatic nitrogens is 1. The average molecular weight is 579 g/mol. The third-order valence-corrected chi connectivity index (χ3v) is 7.71. The van der Waals surface area contributed by atoms with E-state index in [1.54, 1.807) is 17.0 Å². The lowest BCUT2D eigenvalue weighted by Gasteiger charge is -2.32. The second-order valence-corrected chi connectivity index (χ2v) is 10.5. The summed E-state index contributed by atoms with van der Waals surface area (Å²) in [4.78, 5) is 47.4. The predicted molar refractivity (Wildman–Crippen MR) is 151 cm³/mol. The molecule has 2 aromatic rings. The van der Waals surface area contributed by atoms with Crippen molar-refractivity contribution in [3.05, 3.63) is 64.9 Å². The Balaban J connectivity index is 0.00000420. The third kappa shape index (κ3) is 8.14. The van der Waals surface area contributed by atoms with Gasteiger partial charge < -0.3 is 20.7 Å². The lowest BCUT2D eigenvalue weighted by molar-refractivity contribution is -0.145. The molecule has 3 N–H and O–H groups in total. The van der Waals surface area contributed by atoms with Crippen LogP contribution >= 0.6 is 24.0 Å². The number of pyridine rings is 1. The van der Waals surface area contributed by atoms with E-state index in [1.807, 2.05) is 18.2 Å². The molecule has 2 fully saturated rings. The van der Waals surface area contributed by atoms with Gasteiger partial charge in [-0.15, -0.1) is 12.4 Å². The zero-order valence-electron chi connectivity index (χ0n) is 22.1. The molecule has 3 heterocycles. The molecule has 0 bridgehead atoms. The van der Waals surface area contributed by atoms with Crippen LogP contribution in [0.2, 0.25) is 5.02 Å². The van der Waals surface area contributed by atoms with Gasteiger partial charge in [0.2, 0.25) is 11.8 Å². The summed E-state index contributed by atoms with van der Waals surface area (Å²) in [6.07, 6.45) is 4.80. The number of amides is 2. The first-order valence-electron chi connectivity index (χ1n) is 13.2. The summed E-state index contributed by atoms with van der Waals surface area (Å²) < 4.78 is 4.81. The minimum absolute atomic E-state index is 0. The minimum atomic E-state index is -0.805. The molecule has 2 amide bonds. The van der Waals surface area contributed by atoms with Crippen LogP contribution in [0.4, 0.5) is 0 Å². The maximum Gasteiger partial charge on any atom is 0.305 e. The van der Waals surface area contributed by atoms with Crippen molar-refractivity contribution in [1.29, 1.82) is 0 Å². The van der Waals surface area contributed by atoms with E-state index in [1.165, 1.54) is 18.9 Å². The van der Waals surface area contributed by atoms with Crippen LogP contribution in [0, 0.1) is 0 Å². The molecule has 0 spiro atoms. The van der Waals surface area contributed by atoms with Gasteiger partial charge in [0, 0.05) is 37.8 Å². The lowest BCUT2D eigenvalue weighted by atomic mass is 10.0. The van der Waals surface area contributed by atoms with Crippen LogP contribution in [0.5, 0.6) is 0 Å². The van der Waals surface area contributed by atoms with E-state index in [-0.39, 0.29) is 61.7 Å². The number of esters is 1. The second kappa shape index (κ2) is 14.6. The fraction of sp³-hybridized carbons (Fsp3) is 0.500. The molecular weight excluding hydrogens is 541 g/mol. The summed E-state index contributed by atoms with van der Waals surface area (Å²) in [6, 6.07) is 12.6. The molecule has 212 valence electrons. The van der Waals surface area contributed by atoms with E-state index in [2.05, 4.69) is 27.3 Å². The summed E-state index contributed by atoms with van der Waals surface area (Å²) in [5, 5.41) is 3.40. The largest absolute Gasteiger partial charge is 0.469 e. The highest BCUT2D eigenvalue weighted by Gasteiger charge is 2.45. The number of rotatable bonds is 10. The van der Waals surface area contributed by atoms with E-state index in [0.29, 0.717) is 30.2 Å². The number of nitrogens with zero attached hydrogens (tertiary/aromatic N) is 3. The van der Waals surface area contributed by atoms with Crippen molar-refractivity contribution in [3.8, 4) is 0 Å². The second-order valence-electron chi connectivity index (χ2n) is 10.0. The van der Waals surface area contributed by atoms with Gasteiger partial charge in [-0.2, -0.15) is 0 Å². The van der Waals surface area contributed by atoms with Gasteiger partial charge in [0.15, 0.2) is 0 Å². The van der Waals surface area contributed by atoms with Crippen LogP contribution in [0.3, 0.4) is 0 Å². The third-order valence-electron chi connectivity index (χ3n) is 7.48. The molecule has 1 unspecified atom stereocenters. The minimum Gasteiger partial charge on any atom is -0.469 e. The van der Waals surface area contributed by atoms with Gasteiger partial charge in [-0.1, -0.05) is 41.9 Å². The fourth-order valence-electron chi connectivity index (χ4n) is 5.49. The molecule has 1 aromatic carbocycles. The topological polar surface area (TPSA) is 118 Å². The number of hydrogen-bond donors (Lipinski definition) is 2. The molecule has 0 aliphatic carbocycles. The monoisotopic (exact) mass is 577 g/mol. The van der Waals surface area contributed by atoms with Crippen LogP contribution < -0.4 is 11.1 Å². The van der Waals surface area contributed by atoms with Crippen molar-refractivity contribution in [2.75, 3.05) is 20.2 Å². The number of aryl methyl sites for hydroxylation is 1. The first kappa shape index (κ1) is 30.8. The molecule has 9 nitrogen and oxygen atoms in total. The summed E-state index contributed by atoms with van der Waals surface area (Å²) in [5.41, 5.74) is 8.23. The van der Waals surface area contributed by atoms with Crippen molar-refractivity contribution >= 4 is 41.8 Å². The van der Waals surface area contributed by atoms with E-state index in [0.717, 1.165) is 19.3 Å². The van der Waals surface area contributed by atoms with Gasteiger partial charge in [-0.25, -0.2) is 0 Å². The van der Waals surface area contributed by atoms with Crippen molar-refractivity contribution in [2.24, 2.45) is 5.73 Å². The highest BCUT2D eigenvalue weighted by Crippen LogP contribution is 2.30. The lowest BCUT2D eigenvalue weighted by Crippen LogP contribution is -2.53. The maximum absolute atomic E-state index is 13.9. The molecule has 4 atom stereocenters. The van der Waals surface area contributed by atoms with Gasteiger partial charge in [0.1, 0.15) is 6.04 Å². The molecule has 11 heteroatoms. The summed E-state index contributed by atoms with van der Waals surface area (Å²) >= 11 is 5.92. The number of nitrogens with two attached hydrogens (primary N) is 1. The highest BCUT2D eigenvalue weighted by atomic mass is 35.5. The molecule has 4 rings (SSSR count). The van der Waals surface area contributed by atoms with Crippen LogP contribution in [-0.4, -0.2) is 76.9 Å². The number of ether oxygens (including phenoxy) is 1. The quantitative estimate of drug-likeness (QED) is 0.417. The molecule has 2 aliphatic heterocycles. The fourth-order valence-corrected chi connectivity index (χ4v) is 5.60. The first-order chi connectivity index (χ1) is 18.4. The van der Waals surface area contributed by atoms with Crippen molar-refractivity contribution in [2.45, 2.75) is 69.2 Å². The van der Waals surface area contributed by atoms with Gasteiger partial charge in [0.05, 0.1) is 30.4 Å². The Morgan fingerprint density at radius 2 is 2.00 bits per heavy atom. The number of carbonyl (C=O) groups is 3. The van der Waals surface area contributed by atoms with E-state index < -0.39 is 12.0 Å². The molecule has 2 aliphatic rings. The number of nitrogens with one attached hydrogen (secondary N) is 1. The predicted octanol–water partition coefficient (Wildman–Crippen LogP) is 2.73. The van der Waals surface area contributed by atoms with Crippen LogP contribution in [0.1, 0.15) is 43.4 Å². The number of halogens is 2. The number of benzene rings is 1. The highest BCUT2D eigenvalue weighted by molar-refractivity contribution is 6.30. The van der Waals surface area contributed by atoms with Gasteiger partial charge in [-0.3, -0.25) is 24.3 Å². The molecule has 1 aromatic heterocycles. The molecular formula is C28H37Cl2N5O4. The molecule has 0 saturated carbocycles. The standard InChI is InChI=1S/C28H36ClN5O4.ClH/c1-38-26(35)12-11-24(27(36)32-17-22-9-8-20(29)16-31-22)33-14-13-23(10-7-19-5-3-2-4-6-19)34-18-21(30)15-25(34)28(33)37;/h2-6,8-9,16,21,23-25H,7,10-15,17-18,30H2,1H3,(H,32,36);1H/t21-,23?,24-,25+;/m1./s1. The zero-order chi connectivity index (χ0) is 27.1. The number of fused-ring (bicyclic) bond motifs is 1. The Bertz CT molecular complexity index is 1100. The smallest absolute Gasteiger partial charge is 0.305 e. The van der Waals surface area contributed by atoms with E-state index >= 15 is 0 Å². The Hall–Kier alpha value is -2.72. The van der Waals surface area contributed by atoms with Crippen molar-refractivity contribution in [1.82, 2.24) is 20.1 Å². The summed E-state index contributed by atoms with van der Waals surface area (Å²) in [6.45, 7) is 1.27. The Morgan fingerprint density at radius 1 is 1.23 bits per heavy atom. The number of hydrogen-bond acceptors (Lipinski definition) is 7. The van der Waals surface area contributed by atoms with Crippen LogP contribution in [0.15, 0.2) is 48.7 Å². The average Bonchev–Trinajstić information content (AvgIpc) is 3.27. The normalized spacial score (nSPS) is 21.9. The Labute approximate surface area is 240 Å². The number of methoxy groups -OCH3 is 1. The maximum atomic E-state index is 13.9. The van der Waals surface area contributed by atoms with Crippen molar-refractivity contribution < 1.29 is 19.1 Å². The van der Waals surface area contributed by atoms with Crippen molar-refractivity contribution in [3.63, 3.8) is 0 Å². The van der Waals surface area contributed by atoms with Gasteiger partial charge >= 0.3 is 5.97 Å².